The van der Waals surface area contributed by atoms with Crippen molar-refractivity contribution in [2.75, 3.05) is 125 Å². The molecule has 10 rings (SSSR count). The molecule has 0 bridgehead atoms. The number of nitrogens with one attached hydrogen (secondary N) is 1. The van der Waals surface area contributed by atoms with Crippen molar-refractivity contribution >= 4 is 28.5 Å². The number of carbonyl (C=O) groups is 3. The van der Waals surface area contributed by atoms with Gasteiger partial charge >= 0.3 is 0 Å². The molecular weight excluding hydrogens is 930 g/mol. The number of aromatic nitrogens is 4. The Labute approximate surface area is 426 Å². The average Bonchev–Trinajstić information content (AvgIpc) is 3.84. The summed E-state index contributed by atoms with van der Waals surface area (Å²) in [4.78, 5) is 76.0. The van der Waals surface area contributed by atoms with Crippen molar-refractivity contribution in [2.45, 2.75) is 51.1 Å². The summed E-state index contributed by atoms with van der Waals surface area (Å²) in [6.07, 6.45) is 8.14. The molecule has 1 N–H and O–H groups in total. The molecule has 7 heterocycles. The maximum atomic E-state index is 15.1. The van der Waals surface area contributed by atoms with Gasteiger partial charge < -0.3 is 34.0 Å². The summed E-state index contributed by atoms with van der Waals surface area (Å²) in [5.41, 5.74) is 4.41. The zero-order valence-corrected chi connectivity index (χ0v) is 41.8. The van der Waals surface area contributed by atoms with Crippen LogP contribution in [0.3, 0.4) is 0 Å². The molecule has 5 aliphatic rings. The van der Waals surface area contributed by atoms with Gasteiger partial charge in [-0.15, -0.1) is 0 Å². The van der Waals surface area contributed by atoms with Crippen LogP contribution in [-0.4, -0.2) is 197 Å². The zero-order chi connectivity index (χ0) is 50.1. The third-order valence-corrected chi connectivity index (χ3v) is 15.5. The van der Waals surface area contributed by atoms with Crippen LogP contribution in [-0.2, 0) is 33.8 Å². The third-order valence-electron chi connectivity index (χ3n) is 15.5. The second-order valence-electron chi connectivity index (χ2n) is 20.4. The Bertz CT molecular complexity index is 2750. The number of amides is 3. The normalized spacial score (nSPS) is 19.6. The van der Waals surface area contributed by atoms with Crippen molar-refractivity contribution in [3.05, 3.63) is 129 Å². The Morgan fingerprint density at radius 2 is 1.48 bits per heavy atom. The Hall–Kier alpha value is -6.18. The molecule has 386 valence electrons. The fourth-order valence-corrected chi connectivity index (χ4v) is 11.3. The number of nitrogens with zero attached hydrogens (tertiary/aromatic N) is 10. The zero-order valence-electron chi connectivity index (χ0n) is 41.8. The van der Waals surface area contributed by atoms with Crippen LogP contribution in [0.1, 0.15) is 70.0 Å². The maximum Gasteiger partial charge on any atom is 0.272 e. The van der Waals surface area contributed by atoms with Crippen LogP contribution in [0.25, 0.3) is 10.8 Å². The minimum Gasteiger partial charge on any atom is -0.491 e. The van der Waals surface area contributed by atoms with Crippen molar-refractivity contribution in [2.24, 2.45) is 5.92 Å². The van der Waals surface area contributed by atoms with E-state index in [-0.39, 0.29) is 28.9 Å². The van der Waals surface area contributed by atoms with Gasteiger partial charge in [0.15, 0.2) is 0 Å². The highest BCUT2D eigenvalue weighted by atomic mass is 19.1. The average molecular weight is 998 g/mol. The van der Waals surface area contributed by atoms with Crippen LogP contribution in [0.4, 0.5) is 4.39 Å². The minimum absolute atomic E-state index is 0.00606. The van der Waals surface area contributed by atoms with E-state index in [0.717, 1.165) is 102 Å². The Morgan fingerprint density at radius 3 is 2.30 bits per heavy atom. The molecule has 4 fully saturated rings. The van der Waals surface area contributed by atoms with Gasteiger partial charge in [-0.25, -0.2) is 19.5 Å². The molecule has 4 saturated heterocycles. The number of halogens is 1. The lowest BCUT2D eigenvalue weighted by atomic mass is 9.90. The summed E-state index contributed by atoms with van der Waals surface area (Å²) in [7, 11) is 0. The van der Waals surface area contributed by atoms with Crippen LogP contribution in [0.15, 0.2) is 84.0 Å². The van der Waals surface area contributed by atoms with E-state index in [4.69, 9.17) is 9.47 Å². The van der Waals surface area contributed by atoms with E-state index in [2.05, 4.69) is 51.9 Å². The van der Waals surface area contributed by atoms with Gasteiger partial charge in [-0.05, 0) is 86.1 Å². The Kier molecular flexibility index (Phi) is 16.4. The second-order valence-corrected chi connectivity index (χ2v) is 20.4. The molecule has 1 atom stereocenters. The number of likely N-dealkylation sites (tertiary alicyclic amines) is 2. The molecule has 73 heavy (non-hydrogen) atoms. The van der Waals surface area contributed by atoms with E-state index in [1.165, 1.54) is 24.5 Å². The van der Waals surface area contributed by atoms with Crippen LogP contribution >= 0.6 is 0 Å². The van der Waals surface area contributed by atoms with Crippen LogP contribution in [0, 0.1) is 11.7 Å². The van der Waals surface area contributed by atoms with Gasteiger partial charge in [-0.3, -0.25) is 29.0 Å². The van der Waals surface area contributed by atoms with Gasteiger partial charge in [-0.1, -0.05) is 36.4 Å². The summed E-state index contributed by atoms with van der Waals surface area (Å²) in [5.74, 6) is 1.05. The molecular formula is C55H68FN11O6. The largest absolute Gasteiger partial charge is 0.491 e. The molecule has 0 unspecified atom stereocenters. The van der Waals surface area contributed by atoms with Crippen LogP contribution < -0.4 is 10.3 Å². The first-order valence-electron chi connectivity index (χ1n) is 26.3. The lowest BCUT2D eigenvalue weighted by Crippen LogP contribution is -2.55. The van der Waals surface area contributed by atoms with E-state index in [9.17, 15) is 19.2 Å². The first kappa shape index (κ1) is 50.4. The summed E-state index contributed by atoms with van der Waals surface area (Å²) >= 11 is 0. The van der Waals surface area contributed by atoms with E-state index in [1.807, 2.05) is 40.3 Å². The first-order chi connectivity index (χ1) is 35.7. The van der Waals surface area contributed by atoms with Crippen molar-refractivity contribution in [3.8, 4) is 5.75 Å². The highest BCUT2D eigenvalue weighted by molar-refractivity contribution is 5.95. The van der Waals surface area contributed by atoms with Crippen molar-refractivity contribution in [1.82, 2.24) is 54.5 Å². The molecule has 3 aromatic carbocycles. The van der Waals surface area contributed by atoms with E-state index in [0.29, 0.717) is 100 Å². The second kappa shape index (κ2) is 23.8. The van der Waals surface area contributed by atoms with Gasteiger partial charge in [0.25, 0.3) is 11.5 Å². The lowest BCUT2D eigenvalue weighted by Gasteiger charge is -2.40. The molecule has 5 aromatic rings. The monoisotopic (exact) mass is 998 g/mol. The molecule has 17 nitrogen and oxygen atoms in total. The molecule has 0 spiro atoms. The van der Waals surface area contributed by atoms with Crippen molar-refractivity contribution in [1.29, 1.82) is 0 Å². The number of fused-ring (bicyclic) bond motifs is 2. The number of H-pyrrole nitrogens is 1. The molecule has 0 saturated carbocycles. The molecule has 18 heteroatoms. The van der Waals surface area contributed by atoms with Gasteiger partial charge in [0, 0.05) is 121 Å². The first-order valence-corrected chi connectivity index (χ1v) is 26.3. The standard InChI is InChI=1S/C55H68FN11O6/c56-49-11-10-41(30-50-46-8-1-2-9-47(46)54(70)60-59-50)29-48(49)55(71)66-23-21-65(22-24-66)52(68)37-63-19-17-62(18-20-63)33-40-12-15-61(16-13-40)25-26-72-27-28-73-45-7-3-5-42(31-45)43-6-4-14-67(35-43)53(69)38-64-34-44-32-57-39-58-51(44)36-64/h1-3,5,7-11,29,31-32,39-40,43H,4,6,12-28,30,33-38H2,(H,60,70)/t43-/m0/s1. The highest BCUT2D eigenvalue weighted by Crippen LogP contribution is 2.30. The van der Waals surface area contributed by atoms with E-state index >= 15 is 4.39 Å². The number of rotatable bonds is 17. The number of hydrogen-bond acceptors (Lipinski definition) is 13. The van der Waals surface area contributed by atoms with Gasteiger partial charge in [-0.2, -0.15) is 5.10 Å². The van der Waals surface area contributed by atoms with Crippen LogP contribution in [0.2, 0.25) is 0 Å². The van der Waals surface area contributed by atoms with Crippen molar-refractivity contribution < 1.29 is 28.2 Å². The predicted molar refractivity (Wildman–Crippen MR) is 274 cm³/mol. The summed E-state index contributed by atoms with van der Waals surface area (Å²) in [5, 5.41) is 8.02. The highest BCUT2D eigenvalue weighted by Gasteiger charge is 2.31. The number of hydrogen-bond donors (Lipinski definition) is 1. The van der Waals surface area contributed by atoms with E-state index < -0.39 is 11.7 Å². The molecule has 2 aromatic heterocycles. The number of benzene rings is 3. The molecule has 0 radical (unpaired) electrons. The van der Waals surface area contributed by atoms with Gasteiger partial charge in [0.2, 0.25) is 11.8 Å². The maximum absolute atomic E-state index is 15.1. The fraction of sp³-hybridized carbons (Fsp3) is 0.509. The lowest BCUT2D eigenvalue weighted by molar-refractivity contribution is -0.134. The summed E-state index contributed by atoms with van der Waals surface area (Å²) in [6.45, 7) is 14.7. The summed E-state index contributed by atoms with van der Waals surface area (Å²) < 4.78 is 27.2. The van der Waals surface area contributed by atoms with Gasteiger partial charge in [0.1, 0.15) is 24.5 Å². The molecule has 3 amide bonds. The molecule has 0 aliphatic carbocycles. The number of ether oxygens (including phenoxy) is 2. The van der Waals surface area contributed by atoms with Crippen molar-refractivity contribution in [3.63, 3.8) is 0 Å². The summed E-state index contributed by atoms with van der Waals surface area (Å²) in [6, 6.07) is 20.0. The quantitative estimate of drug-likeness (QED) is 0.134. The number of piperazine rings is 2. The minimum atomic E-state index is -0.591. The number of carbonyl (C=O) groups excluding carboxylic acids is 3. The fourth-order valence-electron chi connectivity index (χ4n) is 11.3. The Balaban J connectivity index is 0.570. The van der Waals surface area contributed by atoms with E-state index in [1.54, 1.807) is 35.5 Å². The van der Waals surface area contributed by atoms with Gasteiger partial charge in [0.05, 0.1) is 48.6 Å². The number of aromatic amines is 1. The topological polar surface area (TPSA) is 164 Å². The molecule has 5 aliphatic heterocycles. The smallest absolute Gasteiger partial charge is 0.272 e. The third kappa shape index (κ3) is 12.8. The number of piperidine rings is 2. The Morgan fingerprint density at radius 1 is 0.712 bits per heavy atom. The SMILES string of the molecule is O=C(CN1CCN(CC2CCN(CCOCCOc3cccc([C@H]4CCCN(C(=O)CN5Cc6cncnc6C5)C4)c3)CC2)CC1)N1CCN(C(=O)c2cc(Cc3n[nH]c(=O)c4ccccc34)ccc2F)CC1. The van der Waals surface area contributed by atoms with Crippen LogP contribution in [0.5, 0.6) is 5.75 Å². The predicted octanol–water partition coefficient (Wildman–Crippen LogP) is 3.87.